The third kappa shape index (κ3) is 1.76. The number of hydrogen-bond acceptors (Lipinski definition) is 5. The molecule has 1 unspecified atom stereocenters. The highest BCUT2D eigenvalue weighted by atomic mass is 16.8. The van der Waals surface area contributed by atoms with E-state index >= 15 is 0 Å². The SMILES string of the molecule is CCOC(=O)C12C=C[C@H](CO1)[C@@H]1OC(CC)(CC)O[C@@H]12. The van der Waals surface area contributed by atoms with Gasteiger partial charge in [-0.1, -0.05) is 19.9 Å². The molecule has 0 aromatic rings. The van der Waals surface area contributed by atoms with E-state index in [0.29, 0.717) is 13.2 Å². The Morgan fingerprint density at radius 2 is 2.05 bits per heavy atom. The maximum absolute atomic E-state index is 12.4. The molecule has 5 heteroatoms. The van der Waals surface area contributed by atoms with Crippen LogP contribution in [0.2, 0.25) is 0 Å². The van der Waals surface area contributed by atoms with Crippen molar-refractivity contribution in [2.45, 2.75) is 57.2 Å². The van der Waals surface area contributed by atoms with E-state index in [4.69, 9.17) is 18.9 Å². The first kappa shape index (κ1) is 14.0. The summed E-state index contributed by atoms with van der Waals surface area (Å²) in [5, 5.41) is 0. The van der Waals surface area contributed by atoms with Crippen molar-refractivity contribution in [3.05, 3.63) is 12.2 Å². The van der Waals surface area contributed by atoms with E-state index in [1.807, 2.05) is 19.9 Å². The highest BCUT2D eigenvalue weighted by Crippen LogP contribution is 2.49. The molecule has 0 N–H and O–H groups in total. The van der Waals surface area contributed by atoms with E-state index in [0.717, 1.165) is 12.8 Å². The fourth-order valence-electron chi connectivity index (χ4n) is 3.34. The molecule has 3 aliphatic heterocycles. The number of rotatable bonds is 4. The third-order valence-corrected chi connectivity index (χ3v) is 4.61. The number of fused-ring (bicyclic) bond motifs is 1. The summed E-state index contributed by atoms with van der Waals surface area (Å²) in [5.41, 5.74) is -1.14. The predicted molar refractivity (Wildman–Crippen MR) is 71.0 cm³/mol. The summed E-state index contributed by atoms with van der Waals surface area (Å²) < 4.78 is 23.3. The highest BCUT2D eigenvalue weighted by Gasteiger charge is 2.65. The van der Waals surface area contributed by atoms with Gasteiger partial charge in [-0.05, 0) is 25.8 Å². The molecule has 112 valence electrons. The molecule has 0 amide bonds. The first-order valence-corrected chi connectivity index (χ1v) is 7.47. The van der Waals surface area contributed by atoms with Crippen LogP contribution in [-0.2, 0) is 23.7 Å². The highest BCUT2D eigenvalue weighted by molar-refractivity contribution is 5.84. The Kier molecular flexibility index (Phi) is 3.39. The van der Waals surface area contributed by atoms with Crippen LogP contribution in [0.4, 0.5) is 0 Å². The second-order valence-corrected chi connectivity index (χ2v) is 5.59. The van der Waals surface area contributed by atoms with Gasteiger partial charge in [0.05, 0.1) is 19.3 Å². The molecule has 2 fully saturated rings. The van der Waals surface area contributed by atoms with Crippen LogP contribution in [-0.4, -0.2) is 42.8 Å². The zero-order valence-electron chi connectivity index (χ0n) is 12.3. The Morgan fingerprint density at radius 1 is 1.30 bits per heavy atom. The van der Waals surface area contributed by atoms with E-state index in [1.54, 1.807) is 13.0 Å². The number of carbonyl (C=O) groups is 1. The van der Waals surface area contributed by atoms with E-state index in [2.05, 4.69) is 0 Å². The quantitative estimate of drug-likeness (QED) is 0.581. The third-order valence-electron chi connectivity index (χ3n) is 4.61. The Bertz CT molecular complexity index is 428. The molecule has 0 saturated carbocycles. The van der Waals surface area contributed by atoms with Crippen LogP contribution in [0, 0.1) is 5.92 Å². The zero-order valence-corrected chi connectivity index (χ0v) is 12.3. The van der Waals surface area contributed by atoms with Crippen molar-refractivity contribution in [3.8, 4) is 0 Å². The van der Waals surface area contributed by atoms with Gasteiger partial charge < -0.3 is 18.9 Å². The fraction of sp³-hybridized carbons (Fsp3) is 0.800. The maximum Gasteiger partial charge on any atom is 0.345 e. The molecule has 0 aromatic carbocycles. The maximum atomic E-state index is 12.4. The summed E-state index contributed by atoms with van der Waals surface area (Å²) in [4.78, 5) is 12.4. The first-order chi connectivity index (χ1) is 9.61. The predicted octanol–water partition coefficient (Wildman–Crippen LogP) is 1.80. The smallest absolute Gasteiger partial charge is 0.345 e. The summed E-state index contributed by atoms with van der Waals surface area (Å²) in [6, 6.07) is 0. The Balaban J connectivity index is 1.94. The monoisotopic (exact) mass is 282 g/mol. The van der Waals surface area contributed by atoms with Gasteiger partial charge in [0.1, 0.15) is 6.10 Å². The second-order valence-electron chi connectivity index (χ2n) is 5.59. The summed E-state index contributed by atoms with van der Waals surface area (Å²) in [5.74, 6) is -0.835. The van der Waals surface area contributed by atoms with Gasteiger partial charge in [0.25, 0.3) is 0 Å². The number of hydrogen-bond donors (Lipinski definition) is 0. The molecular formula is C15H22O5. The van der Waals surface area contributed by atoms with Gasteiger partial charge in [-0.25, -0.2) is 4.79 Å². The lowest BCUT2D eigenvalue weighted by atomic mass is 9.77. The molecule has 20 heavy (non-hydrogen) atoms. The number of esters is 1. The van der Waals surface area contributed by atoms with Crippen LogP contribution in [0.5, 0.6) is 0 Å². The fourth-order valence-corrected chi connectivity index (χ4v) is 3.34. The van der Waals surface area contributed by atoms with Crippen LogP contribution in [0.15, 0.2) is 12.2 Å². The summed E-state index contributed by atoms with van der Waals surface area (Å²) in [6.07, 6.45) is 4.77. The van der Waals surface area contributed by atoms with Gasteiger partial charge in [0.15, 0.2) is 5.79 Å². The molecule has 0 spiro atoms. The van der Waals surface area contributed by atoms with E-state index in [9.17, 15) is 4.79 Å². The van der Waals surface area contributed by atoms with Gasteiger partial charge in [0.2, 0.25) is 5.60 Å². The Labute approximate surface area is 119 Å². The van der Waals surface area contributed by atoms with Gasteiger partial charge >= 0.3 is 5.97 Å². The van der Waals surface area contributed by atoms with Crippen molar-refractivity contribution in [1.82, 2.24) is 0 Å². The molecule has 2 saturated heterocycles. The molecule has 4 atom stereocenters. The minimum absolute atomic E-state index is 0.127. The lowest BCUT2D eigenvalue weighted by molar-refractivity contribution is -0.209. The lowest BCUT2D eigenvalue weighted by Crippen LogP contribution is -2.63. The van der Waals surface area contributed by atoms with Crippen LogP contribution >= 0.6 is 0 Å². The molecule has 3 heterocycles. The molecule has 2 bridgehead atoms. The van der Waals surface area contributed by atoms with Crippen molar-refractivity contribution in [2.75, 3.05) is 13.2 Å². The lowest BCUT2D eigenvalue weighted by Gasteiger charge is -2.45. The van der Waals surface area contributed by atoms with Crippen LogP contribution in [0.25, 0.3) is 0 Å². The minimum atomic E-state index is -1.14. The van der Waals surface area contributed by atoms with Crippen molar-refractivity contribution in [2.24, 2.45) is 5.92 Å². The van der Waals surface area contributed by atoms with Gasteiger partial charge in [-0.2, -0.15) is 0 Å². The second kappa shape index (κ2) is 4.83. The molecule has 1 aliphatic carbocycles. The Morgan fingerprint density at radius 3 is 2.60 bits per heavy atom. The van der Waals surface area contributed by atoms with Crippen molar-refractivity contribution in [3.63, 3.8) is 0 Å². The summed E-state index contributed by atoms with van der Waals surface area (Å²) >= 11 is 0. The molecule has 4 aliphatic rings. The number of carbonyl (C=O) groups excluding carboxylic acids is 1. The van der Waals surface area contributed by atoms with Crippen LogP contribution in [0.3, 0.4) is 0 Å². The van der Waals surface area contributed by atoms with Gasteiger partial charge in [-0.3, -0.25) is 0 Å². The number of ether oxygens (including phenoxy) is 4. The molecular weight excluding hydrogens is 260 g/mol. The van der Waals surface area contributed by atoms with Crippen LogP contribution < -0.4 is 0 Å². The van der Waals surface area contributed by atoms with Crippen LogP contribution in [0.1, 0.15) is 33.6 Å². The van der Waals surface area contributed by atoms with Gasteiger partial charge in [0, 0.05) is 5.92 Å². The minimum Gasteiger partial charge on any atom is -0.464 e. The van der Waals surface area contributed by atoms with Gasteiger partial charge in [-0.15, -0.1) is 0 Å². The van der Waals surface area contributed by atoms with Crippen molar-refractivity contribution >= 4 is 5.97 Å². The average molecular weight is 282 g/mol. The van der Waals surface area contributed by atoms with Crippen molar-refractivity contribution < 1.29 is 23.7 Å². The topological polar surface area (TPSA) is 54.0 Å². The zero-order chi connectivity index (χ0) is 14.4. The van der Waals surface area contributed by atoms with E-state index < -0.39 is 17.5 Å². The Hall–Kier alpha value is -0.910. The first-order valence-electron chi connectivity index (χ1n) is 7.47. The molecule has 4 rings (SSSR count). The molecule has 5 nitrogen and oxygen atoms in total. The molecule has 0 aromatic heterocycles. The largest absolute Gasteiger partial charge is 0.464 e. The van der Waals surface area contributed by atoms with Crippen molar-refractivity contribution in [1.29, 1.82) is 0 Å². The van der Waals surface area contributed by atoms with E-state index in [1.165, 1.54) is 0 Å². The molecule has 0 radical (unpaired) electrons. The summed E-state index contributed by atoms with van der Waals surface area (Å²) in [6.45, 7) is 6.66. The normalized spacial score (nSPS) is 40.6. The van der Waals surface area contributed by atoms with E-state index in [-0.39, 0.29) is 18.0 Å². The standard InChI is InChI=1S/C15H22O5/c1-4-14(5-2)19-11-10-7-8-15(18-9-10,12(11)20-14)13(16)17-6-3/h7-8,10-12H,4-6,9H2,1-3H3/t10-,11+,12+,15?/m1/s1. The summed E-state index contributed by atoms with van der Waals surface area (Å²) in [7, 11) is 0. The average Bonchev–Trinajstić information content (AvgIpc) is 2.91.